The van der Waals surface area contributed by atoms with Gasteiger partial charge in [-0.3, -0.25) is 9.48 Å². The number of rotatable bonds is 2. The van der Waals surface area contributed by atoms with E-state index in [0.717, 1.165) is 31.4 Å². The first-order chi connectivity index (χ1) is 9.99. The maximum Gasteiger partial charge on any atom is 0.326 e. The van der Waals surface area contributed by atoms with Gasteiger partial charge in [-0.25, -0.2) is 4.79 Å². The molecule has 114 valence electrons. The molecule has 1 saturated heterocycles. The molecule has 1 aliphatic heterocycles. The van der Waals surface area contributed by atoms with Crippen LogP contribution in [0.25, 0.3) is 0 Å². The predicted molar refractivity (Wildman–Crippen MR) is 75.9 cm³/mol. The Morgan fingerprint density at radius 2 is 2.05 bits per heavy atom. The number of aryl methyl sites for hydroxylation is 2. The molecule has 1 amide bonds. The average molecular weight is 291 g/mol. The van der Waals surface area contributed by atoms with Crippen molar-refractivity contribution in [1.29, 1.82) is 0 Å². The van der Waals surface area contributed by atoms with Crippen molar-refractivity contribution in [3.63, 3.8) is 0 Å². The summed E-state index contributed by atoms with van der Waals surface area (Å²) < 4.78 is 1.55. The van der Waals surface area contributed by atoms with E-state index in [9.17, 15) is 14.7 Å². The van der Waals surface area contributed by atoms with Gasteiger partial charge in [0.15, 0.2) is 0 Å². The van der Waals surface area contributed by atoms with Gasteiger partial charge in [-0.2, -0.15) is 5.10 Å². The molecule has 1 aromatic rings. The highest BCUT2D eigenvalue weighted by Gasteiger charge is 2.48. The fraction of sp³-hybridized carbons (Fsp3) is 0.667. The molecular weight excluding hydrogens is 270 g/mol. The van der Waals surface area contributed by atoms with Crippen LogP contribution < -0.4 is 0 Å². The molecule has 2 heterocycles. The molecule has 0 unspecified atom stereocenters. The lowest BCUT2D eigenvalue weighted by atomic mass is 9.84. The fourth-order valence-corrected chi connectivity index (χ4v) is 3.92. The lowest BCUT2D eigenvalue weighted by Gasteiger charge is -2.32. The average Bonchev–Trinajstić information content (AvgIpc) is 2.98. The van der Waals surface area contributed by atoms with Crippen LogP contribution in [0.1, 0.15) is 48.3 Å². The molecule has 0 bridgehead atoms. The quantitative estimate of drug-likeness (QED) is 0.897. The normalized spacial score (nSPS) is 28.5. The Morgan fingerprint density at radius 3 is 2.67 bits per heavy atom. The van der Waals surface area contributed by atoms with E-state index in [1.165, 1.54) is 0 Å². The van der Waals surface area contributed by atoms with E-state index >= 15 is 0 Å². The summed E-state index contributed by atoms with van der Waals surface area (Å²) in [6, 6.07) is 1.11. The summed E-state index contributed by atoms with van der Waals surface area (Å²) in [7, 11) is 1.73. The third kappa shape index (κ3) is 2.32. The Labute approximate surface area is 123 Å². The molecule has 0 aromatic carbocycles. The molecule has 6 heteroatoms. The summed E-state index contributed by atoms with van der Waals surface area (Å²) in [6.45, 7) is 1.83. The van der Waals surface area contributed by atoms with Crippen molar-refractivity contribution in [1.82, 2.24) is 14.7 Å². The van der Waals surface area contributed by atoms with Gasteiger partial charge in [-0.1, -0.05) is 12.8 Å². The number of carboxylic acid groups (broad SMARTS) is 1. The van der Waals surface area contributed by atoms with Crippen molar-refractivity contribution in [2.75, 3.05) is 0 Å². The van der Waals surface area contributed by atoms with Gasteiger partial charge in [0.25, 0.3) is 5.91 Å². The highest BCUT2D eigenvalue weighted by atomic mass is 16.4. The van der Waals surface area contributed by atoms with Gasteiger partial charge >= 0.3 is 5.97 Å². The van der Waals surface area contributed by atoms with Crippen LogP contribution in [0.2, 0.25) is 0 Å². The second-order valence-corrected chi connectivity index (χ2v) is 6.21. The van der Waals surface area contributed by atoms with Crippen LogP contribution >= 0.6 is 0 Å². The molecule has 0 radical (unpaired) electrons. The first-order valence-corrected chi connectivity index (χ1v) is 7.55. The van der Waals surface area contributed by atoms with E-state index in [-0.39, 0.29) is 11.9 Å². The van der Waals surface area contributed by atoms with Gasteiger partial charge in [0, 0.05) is 13.1 Å². The SMILES string of the molecule is Cc1cc(C(=O)N2[C@@H]3CCCC[C@H]3C[C@H]2C(=O)O)n(C)n1. The van der Waals surface area contributed by atoms with Crippen LogP contribution in [-0.4, -0.2) is 43.7 Å². The fourth-order valence-electron chi connectivity index (χ4n) is 3.92. The van der Waals surface area contributed by atoms with E-state index in [1.54, 1.807) is 22.7 Å². The lowest BCUT2D eigenvalue weighted by molar-refractivity contribution is -0.141. The Hall–Kier alpha value is -1.85. The standard InChI is InChI=1S/C15H21N3O3/c1-9-7-12(17(2)16-9)14(19)18-11-6-4-3-5-10(11)8-13(18)15(20)21/h7,10-11,13H,3-6,8H2,1-2H3,(H,20,21)/t10-,11+,13-/m0/s1. The van der Waals surface area contributed by atoms with Gasteiger partial charge in [0.05, 0.1) is 5.69 Å². The highest BCUT2D eigenvalue weighted by molar-refractivity contribution is 5.96. The highest BCUT2D eigenvalue weighted by Crippen LogP contribution is 2.40. The first-order valence-electron chi connectivity index (χ1n) is 7.55. The molecular formula is C15H21N3O3. The lowest BCUT2D eigenvalue weighted by Crippen LogP contribution is -2.46. The summed E-state index contributed by atoms with van der Waals surface area (Å²) in [5, 5.41) is 13.7. The van der Waals surface area contributed by atoms with Crippen molar-refractivity contribution in [2.45, 2.75) is 51.1 Å². The minimum Gasteiger partial charge on any atom is -0.480 e. The van der Waals surface area contributed by atoms with Crippen molar-refractivity contribution >= 4 is 11.9 Å². The minimum absolute atomic E-state index is 0.0718. The smallest absolute Gasteiger partial charge is 0.326 e. The zero-order valence-corrected chi connectivity index (χ0v) is 12.5. The number of hydrogen-bond donors (Lipinski definition) is 1. The third-order valence-corrected chi connectivity index (χ3v) is 4.83. The number of nitrogens with zero attached hydrogens (tertiary/aromatic N) is 3. The van der Waals surface area contributed by atoms with Gasteiger partial charge < -0.3 is 10.0 Å². The van der Waals surface area contributed by atoms with Crippen LogP contribution in [0, 0.1) is 12.8 Å². The Kier molecular flexibility index (Phi) is 3.47. The molecule has 0 spiro atoms. The monoisotopic (exact) mass is 291 g/mol. The summed E-state index contributed by atoms with van der Waals surface area (Å²) in [4.78, 5) is 26.0. The number of carbonyl (C=O) groups is 2. The van der Waals surface area contributed by atoms with E-state index in [4.69, 9.17) is 0 Å². The summed E-state index contributed by atoms with van der Waals surface area (Å²) in [6.07, 6.45) is 4.74. The van der Waals surface area contributed by atoms with Crippen molar-refractivity contribution < 1.29 is 14.7 Å². The van der Waals surface area contributed by atoms with Crippen molar-refractivity contribution in [3.05, 3.63) is 17.5 Å². The molecule has 3 rings (SSSR count). The maximum atomic E-state index is 12.9. The Balaban J connectivity index is 1.94. The predicted octanol–water partition coefficient (Wildman–Crippen LogP) is 1.59. The third-order valence-electron chi connectivity index (χ3n) is 4.83. The molecule has 1 saturated carbocycles. The van der Waals surface area contributed by atoms with Gasteiger partial charge in [-0.05, 0) is 38.2 Å². The topological polar surface area (TPSA) is 75.4 Å². The van der Waals surface area contributed by atoms with Gasteiger partial charge in [0.1, 0.15) is 11.7 Å². The second kappa shape index (κ2) is 5.16. The zero-order chi connectivity index (χ0) is 15.1. The number of aliphatic carboxylic acids is 1. The minimum atomic E-state index is -0.892. The van der Waals surface area contributed by atoms with Crippen molar-refractivity contribution in [3.8, 4) is 0 Å². The van der Waals surface area contributed by atoms with Gasteiger partial charge in [-0.15, -0.1) is 0 Å². The number of likely N-dealkylation sites (tertiary alicyclic amines) is 1. The van der Waals surface area contributed by atoms with Crippen LogP contribution in [0.15, 0.2) is 6.07 Å². The second-order valence-electron chi connectivity index (χ2n) is 6.21. The molecule has 1 aliphatic carbocycles. The maximum absolute atomic E-state index is 12.9. The Morgan fingerprint density at radius 1 is 1.33 bits per heavy atom. The number of carbonyl (C=O) groups excluding carboxylic acids is 1. The molecule has 1 N–H and O–H groups in total. The number of amides is 1. The number of aromatic nitrogens is 2. The van der Waals surface area contributed by atoms with E-state index in [0.29, 0.717) is 18.0 Å². The van der Waals surface area contributed by atoms with Crippen LogP contribution in [0.3, 0.4) is 0 Å². The molecule has 1 aromatic heterocycles. The largest absolute Gasteiger partial charge is 0.480 e. The number of carboxylic acids is 1. The van der Waals surface area contributed by atoms with E-state index < -0.39 is 12.0 Å². The molecule has 3 atom stereocenters. The zero-order valence-electron chi connectivity index (χ0n) is 12.5. The van der Waals surface area contributed by atoms with Crippen LogP contribution in [-0.2, 0) is 11.8 Å². The first kappa shape index (κ1) is 14.1. The Bertz CT molecular complexity index is 581. The van der Waals surface area contributed by atoms with Crippen LogP contribution in [0.4, 0.5) is 0 Å². The molecule has 2 aliphatic rings. The summed E-state index contributed by atoms with van der Waals surface area (Å²) >= 11 is 0. The molecule has 6 nitrogen and oxygen atoms in total. The molecule has 21 heavy (non-hydrogen) atoms. The molecule has 2 fully saturated rings. The van der Waals surface area contributed by atoms with E-state index in [1.807, 2.05) is 6.92 Å². The summed E-state index contributed by atoms with van der Waals surface area (Å²) in [5.41, 5.74) is 1.25. The number of fused-ring (bicyclic) bond motifs is 1. The van der Waals surface area contributed by atoms with Crippen molar-refractivity contribution in [2.24, 2.45) is 13.0 Å². The van der Waals surface area contributed by atoms with Gasteiger partial charge in [0.2, 0.25) is 0 Å². The van der Waals surface area contributed by atoms with Crippen LogP contribution in [0.5, 0.6) is 0 Å². The number of hydrogen-bond acceptors (Lipinski definition) is 3. The van der Waals surface area contributed by atoms with E-state index in [2.05, 4.69) is 5.10 Å². The summed E-state index contributed by atoms with van der Waals surface area (Å²) in [5.74, 6) is -0.755.